The maximum Gasteiger partial charge on any atom is 0.0569 e. The lowest BCUT2D eigenvalue weighted by Crippen LogP contribution is -2.44. The van der Waals surface area contributed by atoms with Crippen LogP contribution in [0.15, 0.2) is 11.4 Å². The highest BCUT2D eigenvalue weighted by Gasteiger charge is 2.30. The summed E-state index contributed by atoms with van der Waals surface area (Å²) in [5.74, 6) is 0.865. The van der Waals surface area contributed by atoms with Gasteiger partial charge in [0, 0.05) is 17.5 Å². The molecule has 96 valence electrons. The van der Waals surface area contributed by atoms with Gasteiger partial charge in [0.15, 0.2) is 0 Å². The van der Waals surface area contributed by atoms with E-state index in [9.17, 15) is 0 Å². The van der Waals surface area contributed by atoms with Gasteiger partial charge in [0.05, 0.1) is 6.04 Å². The van der Waals surface area contributed by atoms with Gasteiger partial charge in [-0.05, 0) is 56.2 Å². The summed E-state index contributed by atoms with van der Waals surface area (Å²) < 4.78 is 0. The maximum atomic E-state index is 6.03. The number of nitrogens with zero attached hydrogens (tertiary/aromatic N) is 1. The van der Waals surface area contributed by atoms with E-state index in [-0.39, 0.29) is 0 Å². The maximum absolute atomic E-state index is 6.03. The van der Waals surface area contributed by atoms with Gasteiger partial charge < -0.3 is 5.73 Å². The highest BCUT2D eigenvalue weighted by atomic mass is 32.1. The molecule has 1 aromatic rings. The van der Waals surface area contributed by atoms with Gasteiger partial charge in [-0.15, -0.1) is 11.3 Å². The van der Waals surface area contributed by atoms with Crippen molar-refractivity contribution in [3.05, 3.63) is 21.9 Å². The molecule has 2 rings (SSSR count). The molecule has 0 saturated carbocycles. The number of rotatable bonds is 3. The monoisotopic (exact) mass is 252 g/mol. The molecular weight excluding hydrogens is 228 g/mol. The van der Waals surface area contributed by atoms with Crippen molar-refractivity contribution in [2.24, 2.45) is 11.7 Å². The number of hydrogen-bond donors (Lipinski definition) is 1. The Bertz CT molecular complexity index is 361. The van der Waals surface area contributed by atoms with Crippen molar-refractivity contribution in [1.82, 2.24) is 4.90 Å². The topological polar surface area (TPSA) is 29.3 Å². The lowest BCUT2D eigenvalue weighted by Gasteiger charge is -2.41. The molecule has 2 nitrogen and oxygen atoms in total. The van der Waals surface area contributed by atoms with Crippen molar-refractivity contribution >= 4 is 11.3 Å². The highest BCUT2D eigenvalue weighted by molar-refractivity contribution is 7.10. The molecule has 1 aliphatic heterocycles. The Morgan fingerprint density at radius 2 is 2.29 bits per heavy atom. The van der Waals surface area contributed by atoms with Crippen LogP contribution in [0.4, 0.5) is 0 Å². The Labute approximate surface area is 109 Å². The molecule has 17 heavy (non-hydrogen) atoms. The lowest BCUT2D eigenvalue weighted by atomic mass is 9.91. The van der Waals surface area contributed by atoms with E-state index in [2.05, 4.69) is 37.1 Å². The lowest BCUT2D eigenvalue weighted by molar-refractivity contribution is 0.0860. The fourth-order valence-corrected chi connectivity index (χ4v) is 4.07. The first kappa shape index (κ1) is 13.1. The smallest absolute Gasteiger partial charge is 0.0569 e. The Hall–Kier alpha value is -0.380. The third-order valence-electron chi connectivity index (χ3n) is 4.02. The van der Waals surface area contributed by atoms with Crippen LogP contribution in [0, 0.1) is 12.8 Å². The molecule has 3 unspecified atom stereocenters. The molecule has 1 aliphatic rings. The van der Waals surface area contributed by atoms with Gasteiger partial charge in [0.25, 0.3) is 0 Å². The summed E-state index contributed by atoms with van der Waals surface area (Å²) in [6.45, 7) is 8.84. The summed E-state index contributed by atoms with van der Waals surface area (Å²) in [6.07, 6.45) is 2.62. The van der Waals surface area contributed by atoms with Crippen molar-refractivity contribution in [1.29, 1.82) is 0 Å². The number of piperidine rings is 1. The van der Waals surface area contributed by atoms with Gasteiger partial charge >= 0.3 is 0 Å². The minimum atomic E-state index is 0.428. The molecule has 0 bridgehead atoms. The molecule has 1 fully saturated rings. The van der Waals surface area contributed by atoms with Gasteiger partial charge in [-0.3, -0.25) is 4.90 Å². The van der Waals surface area contributed by atoms with Crippen molar-refractivity contribution in [3.63, 3.8) is 0 Å². The normalized spacial score (nSPS) is 28.2. The second-order valence-corrected chi connectivity index (χ2v) is 6.38. The van der Waals surface area contributed by atoms with Crippen molar-refractivity contribution in [3.8, 4) is 0 Å². The predicted molar refractivity (Wildman–Crippen MR) is 75.4 cm³/mol. The van der Waals surface area contributed by atoms with Crippen LogP contribution in [0.1, 0.15) is 43.2 Å². The van der Waals surface area contributed by atoms with E-state index in [0.717, 1.165) is 12.5 Å². The first-order chi connectivity index (χ1) is 8.13. The van der Waals surface area contributed by atoms with Crippen LogP contribution in [0.2, 0.25) is 0 Å². The first-order valence-electron chi connectivity index (χ1n) is 6.63. The molecule has 1 aromatic heterocycles. The molecule has 0 aliphatic carbocycles. The summed E-state index contributed by atoms with van der Waals surface area (Å²) in [6, 6.07) is 3.30. The zero-order valence-corrected chi connectivity index (χ0v) is 12.0. The second kappa shape index (κ2) is 5.51. The quantitative estimate of drug-likeness (QED) is 0.895. The van der Waals surface area contributed by atoms with E-state index < -0.39 is 0 Å². The Balaban J connectivity index is 2.16. The van der Waals surface area contributed by atoms with Crippen LogP contribution < -0.4 is 5.73 Å². The minimum Gasteiger partial charge on any atom is -0.329 e. The van der Waals surface area contributed by atoms with Crippen molar-refractivity contribution < 1.29 is 0 Å². The Morgan fingerprint density at radius 3 is 2.82 bits per heavy atom. The highest BCUT2D eigenvalue weighted by Crippen LogP contribution is 2.33. The summed E-state index contributed by atoms with van der Waals surface area (Å²) in [5.41, 5.74) is 7.42. The van der Waals surface area contributed by atoms with Crippen LogP contribution in [-0.2, 0) is 0 Å². The molecule has 2 N–H and O–H groups in total. The third-order valence-corrected chi connectivity index (χ3v) is 5.14. The number of likely N-dealkylation sites (tertiary alicyclic amines) is 1. The number of hydrogen-bond acceptors (Lipinski definition) is 3. The fraction of sp³-hybridized carbons (Fsp3) is 0.714. The third kappa shape index (κ3) is 2.72. The number of aryl methyl sites for hydroxylation is 1. The van der Waals surface area contributed by atoms with Crippen molar-refractivity contribution in [2.75, 3.05) is 13.1 Å². The second-order valence-electron chi connectivity index (χ2n) is 5.44. The first-order valence-corrected chi connectivity index (χ1v) is 7.51. The fourth-order valence-electron chi connectivity index (χ4n) is 3.01. The van der Waals surface area contributed by atoms with Crippen LogP contribution in [0.25, 0.3) is 0 Å². The minimum absolute atomic E-state index is 0.428. The number of nitrogens with two attached hydrogens (primary N) is 1. The van der Waals surface area contributed by atoms with Crippen LogP contribution in [-0.4, -0.2) is 24.0 Å². The molecule has 3 heteroatoms. The van der Waals surface area contributed by atoms with Crippen LogP contribution >= 0.6 is 11.3 Å². The van der Waals surface area contributed by atoms with Gasteiger partial charge in [-0.2, -0.15) is 0 Å². The van der Waals surface area contributed by atoms with Crippen molar-refractivity contribution in [2.45, 2.75) is 45.7 Å². The average Bonchev–Trinajstić information content (AvgIpc) is 2.69. The van der Waals surface area contributed by atoms with E-state index in [4.69, 9.17) is 5.73 Å². The molecule has 1 saturated heterocycles. The van der Waals surface area contributed by atoms with Gasteiger partial charge in [-0.1, -0.05) is 6.92 Å². The summed E-state index contributed by atoms with van der Waals surface area (Å²) in [4.78, 5) is 4.08. The summed E-state index contributed by atoms with van der Waals surface area (Å²) in [5, 5.41) is 2.19. The van der Waals surface area contributed by atoms with E-state index in [0.29, 0.717) is 12.1 Å². The van der Waals surface area contributed by atoms with Gasteiger partial charge in [-0.25, -0.2) is 0 Å². The standard InChI is InChI=1S/C14H24N2S/c1-10-4-6-16(12(3)8-10)13(9-15)14-11(2)5-7-17-14/h5,7,10,12-13H,4,6,8-9,15H2,1-3H3. The predicted octanol–water partition coefficient (Wildman–Crippen LogP) is 3.18. The summed E-state index contributed by atoms with van der Waals surface area (Å²) >= 11 is 1.86. The van der Waals surface area contributed by atoms with Crippen LogP contribution in [0.3, 0.4) is 0 Å². The number of thiophene rings is 1. The SMILES string of the molecule is Cc1ccsc1C(CN)N1CCC(C)CC1C. The molecule has 3 atom stereocenters. The molecule has 0 amide bonds. The largest absolute Gasteiger partial charge is 0.329 e. The van der Waals surface area contributed by atoms with E-state index in [1.54, 1.807) is 0 Å². The molecular formula is C14H24N2S. The van der Waals surface area contributed by atoms with E-state index in [1.807, 2.05) is 11.3 Å². The van der Waals surface area contributed by atoms with E-state index >= 15 is 0 Å². The molecule has 2 heterocycles. The summed E-state index contributed by atoms with van der Waals surface area (Å²) in [7, 11) is 0. The Morgan fingerprint density at radius 1 is 1.53 bits per heavy atom. The van der Waals surface area contributed by atoms with E-state index in [1.165, 1.54) is 29.8 Å². The van der Waals surface area contributed by atoms with Crippen LogP contribution in [0.5, 0.6) is 0 Å². The zero-order valence-electron chi connectivity index (χ0n) is 11.1. The Kier molecular flexibility index (Phi) is 4.23. The van der Waals surface area contributed by atoms with Gasteiger partial charge in [0.2, 0.25) is 0 Å². The zero-order chi connectivity index (χ0) is 12.4. The van der Waals surface area contributed by atoms with Gasteiger partial charge in [0.1, 0.15) is 0 Å². The molecule has 0 aromatic carbocycles. The molecule has 0 radical (unpaired) electrons. The molecule has 0 spiro atoms. The average molecular weight is 252 g/mol.